The summed E-state index contributed by atoms with van der Waals surface area (Å²) in [5, 5.41) is 34.3. The number of anilines is 1. The Labute approximate surface area is 238 Å². The molecule has 8 nitrogen and oxygen atoms in total. The summed E-state index contributed by atoms with van der Waals surface area (Å²) in [6, 6.07) is 8.66. The second-order valence-corrected chi connectivity index (χ2v) is 13.2. The van der Waals surface area contributed by atoms with Crippen LogP contribution in [-0.4, -0.2) is 51.6 Å². The van der Waals surface area contributed by atoms with Crippen molar-refractivity contribution in [3.05, 3.63) is 88.5 Å². The molecule has 3 saturated carbocycles. The molecule has 3 aliphatic carbocycles. The van der Waals surface area contributed by atoms with Crippen LogP contribution in [0.25, 0.3) is 0 Å². The second-order valence-electron chi connectivity index (χ2n) is 10.6. The molecule has 1 heterocycles. The van der Waals surface area contributed by atoms with Crippen LogP contribution in [0.4, 0.5) is 18.9 Å². The molecule has 0 spiro atoms. The molecule has 13 heteroatoms. The van der Waals surface area contributed by atoms with Crippen LogP contribution in [-0.2, 0) is 9.84 Å². The molecule has 6 rings (SSSR count). The summed E-state index contributed by atoms with van der Waals surface area (Å²) in [4.78, 5) is 16.2. The van der Waals surface area contributed by atoms with Gasteiger partial charge < -0.3 is 20.6 Å². The van der Waals surface area contributed by atoms with Crippen molar-refractivity contribution in [1.29, 1.82) is 0 Å². The first-order valence-corrected chi connectivity index (χ1v) is 14.7. The lowest BCUT2D eigenvalue weighted by Crippen LogP contribution is -2.72. The fourth-order valence-electron chi connectivity index (χ4n) is 6.24. The van der Waals surface area contributed by atoms with Crippen LogP contribution < -0.4 is 5.32 Å². The molecule has 3 aromatic rings. The lowest BCUT2D eigenvalue weighted by Gasteiger charge is -2.64. The van der Waals surface area contributed by atoms with Crippen LogP contribution in [0.15, 0.2) is 59.6 Å². The Morgan fingerprint density at radius 3 is 2.34 bits per heavy atom. The Morgan fingerprint density at radius 2 is 1.73 bits per heavy atom. The van der Waals surface area contributed by atoms with Crippen LogP contribution in [0.3, 0.4) is 0 Å². The number of sulfone groups is 1. The van der Waals surface area contributed by atoms with Gasteiger partial charge in [0.2, 0.25) is 0 Å². The average molecular weight is 611 g/mol. The SMILES string of the molecule is C[C@H]1C2CC(S(=O)(=O)c3cc(C(=O)Nc4ccc(F)c(F)c4)ccc3Cl)CC1[C@@]2(O)C(O)C(O)c1ccc(F)cn1. The van der Waals surface area contributed by atoms with Crippen molar-refractivity contribution >= 4 is 33.0 Å². The zero-order valence-corrected chi connectivity index (χ0v) is 23.1. The van der Waals surface area contributed by atoms with E-state index in [9.17, 15) is 41.7 Å². The predicted octanol–water partition coefficient (Wildman–Crippen LogP) is 4.05. The van der Waals surface area contributed by atoms with E-state index in [1.807, 2.05) is 6.92 Å². The summed E-state index contributed by atoms with van der Waals surface area (Å²) in [5.41, 5.74) is -1.98. The molecule has 0 radical (unpaired) electrons. The number of benzene rings is 2. The first-order chi connectivity index (χ1) is 19.2. The molecule has 3 aliphatic rings. The second kappa shape index (κ2) is 10.7. The molecule has 4 atom stereocenters. The van der Waals surface area contributed by atoms with Gasteiger partial charge in [-0.25, -0.2) is 21.6 Å². The highest BCUT2D eigenvalue weighted by atomic mass is 35.5. The average Bonchev–Trinajstić information content (AvgIpc) is 2.95. The minimum atomic E-state index is -4.14. The third kappa shape index (κ3) is 5.01. The van der Waals surface area contributed by atoms with Gasteiger partial charge in [0, 0.05) is 17.3 Å². The van der Waals surface area contributed by atoms with Gasteiger partial charge in [-0.1, -0.05) is 18.5 Å². The highest BCUT2D eigenvalue weighted by Gasteiger charge is 2.68. The number of amides is 1. The van der Waals surface area contributed by atoms with Gasteiger partial charge in [-0.3, -0.25) is 9.78 Å². The van der Waals surface area contributed by atoms with E-state index < -0.39 is 68.1 Å². The number of nitrogens with zero attached hydrogens (tertiary/aromatic N) is 1. The normalized spacial score (nSPS) is 27.0. The predicted molar refractivity (Wildman–Crippen MR) is 142 cm³/mol. The van der Waals surface area contributed by atoms with Crippen molar-refractivity contribution in [3.63, 3.8) is 0 Å². The molecule has 1 aromatic heterocycles. The molecule has 4 unspecified atom stereocenters. The van der Waals surface area contributed by atoms with Gasteiger partial charge >= 0.3 is 0 Å². The standard InChI is InChI=1S/C28H26ClF3N2O6S/c1-13-18-10-17(11-19(13)28(18,38)26(36)25(35)23-7-3-15(30)12-33-23)41(39,40)24-8-14(2-5-20(24)29)27(37)34-16-4-6-21(31)22(32)9-16/h2-9,12-13,17-19,25-26,35-36,38H,10-11H2,1H3,(H,34,37)/t13-,17?,18?,19?,25?,26?,28+. The summed E-state index contributed by atoms with van der Waals surface area (Å²) < 4.78 is 67.4. The van der Waals surface area contributed by atoms with Gasteiger partial charge in [0.25, 0.3) is 5.91 Å². The molecule has 218 valence electrons. The number of aromatic nitrogens is 1. The Balaban J connectivity index is 1.36. The number of hydrogen-bond acceptors (Lipinski definition) is 7. The van der Waals surface area contributed by atoms with Crippen molar-refractivity contribution in [3.8, 4) is 0 Å². The number of carbonyl (C=O) groups excluding carboxylic acids is 1. The highest BCUT2D eigenvalue weighted by Crippen LogP contribution is 2.61. The molecule has 2 aromatic carbocycles. The topological polar surface area (TPSA) is 137 Å². The number of aliphatic hydroxyl groups excluding tert-OH is 2. The van der Waals surface area contributed by atoms with Crippen LogP contribution in [0, 0.1) is 35.2 Å². The maximum Gasteiger partial charge on any atom is 0.255 e. The largest absolute Gasteiger partial charge is 0.387 e. The number of nitrogens with one attached hydrogen (secondary N) is 1. The number of carbonyl (C=O) groups is 1. The van der Waals surface area contributed by atoms with E-state index in [0.29, 0.717) is 0 Å². The van der Waals surface area contributed by atoms with Crippen molar-refractivity contribution in [2.45, 2.75) is 47.7 Å². The summed E-state index contributed by atoms with van der Waals surface area (Å²) in [7, 11) is -4.14. The maximum absolute atomic E-state index is 13.7. The number of fused-ring (bicyclic) bond motifs is 2. The van der Waals surface area contributed by atoms with Gasteiger partial charge in [0.05, 0.1) is 32.7 Å². The van der Waals surface area contributed by atoms with E-state index in [4.69, 9.17) is 11.6 Å². The van der Waals surface area contributed by atoms with Gasteiger partial charge in [-0.2, -0.15) is 0 Å². The third-order valence-corrected chi connectivity index (χ3v) is 11.1. The zero-order chi connectivity index (χ0) is 29.9. The smallest absolute Gasteiger partial charge is 0.255 e. The van der Waals surface area contributed by atoms with Crippen LogP contribution in [0.1, 0.15) is 41.9 Å². The lowest BCUT2D eigenvalue weighted by molar-refractivity contribution is -0.280. The van der Waals surface area contributed by atoms with Crippen LogP contribution >= 0.6 is 11.6 Å². The zero-order valence-electron chi connectivity index (χ0n) is 21.5. The maximum atomic E-state index is 13.7. The van der Waals surface area contributed by atoms with E-state index >= 15 is 0 Å². The first-order valence-electron chi connectivity index (χ1n) is 12.7. The number of pyridine rings is 1. The summed E-state index contributed by atoms with van der Waals surface area (Å²) in [6.45, 7) is 1.82. The fourth-order valence-corrected chi connectivity index (χ4v) is 8.59. The van der Waals surface area contributed by atoms with Crippen molar-refractivity contribution in [1.82, 2.24) is 4.98 Å². The molecule has 0 saturated heterocycles. The molecule has 3 fully saturated rings. The summed E-state index contributed by atoms with van der Waals surface area (Å²) in [5.74, 6) is -5.25. The molecule has 1 amide bonds. The van der Waals surface area contributed by atoms with Gasteiger partial charge in [-0.05, 0) is 73.1 Å². The Kier molecular flexibility index (Phi) is 7.66. The van der Waals surface area contributed by atoms with E-state index in [1.165, 1.54) is 18.2 Å². The number of halogens is 4. The van der Waals surface area contributed by atoms with E-state index in [0.717, 1.165) is 36.5 Å². The van der Waals surface area contributed by atoms with Gasteiger partial charge in [-0.15, -0.1) is 0 Å². The minimum Gasteiger partial charge on any atom is -0.387 e. The number of hydrogen-bond donors (Lipinski definition) is 4. The van der Waals surface area contributed by atoms with Crippen molar-refractivity contribution < 1.29 is 41.7 Å². The van der Waals surface area contributed by atoms with Crippen molar-refractivity contribution in [2.75, 3.05) is 5.32 Å². The highest BCUT2D eigenvalue weighted by molar-refractivity contribution is 7.92. The number of rotatable bonds is 7. The molecule has 4 N–H and O–H groups in total. The Bertz CT molecular complexity index is 1590. The molecular weight excluding hydrogens is 585 g/mol. The summed E-state index contributed by atoms with van der Waals surface area (Å²) in [6.07, 6.45) is -2.58. The fraction of sp³-hybridized carbons (Fsp3) is 0.357. The molecule has 41 heavy (non-hydrogen) atoms. The van der Waals surface area contributed by atoms with E-state index in [2.05, 4.69) is 10.3 Å². The molecule has 0 aliphatic heterocycles. The first kappa shape index (κ1) is 29.5. The molecular formula is C28H26ClF3N2O6S. The third-order valence-electron chi connectivity index (χ3n) is 8.43. The van der Waals surface area contributed by atoms with Crippen LogP contribution in [0.2, 0.25) is 5.02 Å². The number of aliphatic hydroxyl groups is 3. The monoisotopic (exact) mass is 610 g/mol. The lowest BCUT2D eigenvalue weighted by atomic mass is 9.45. The van der Waals surface area contributed by atoms with E-state index in [1.54, 1.807) is 0 Å². The Hall–Kier alpha value is -3.03. The van der Waals surface area contributed by atoms with Crippen LogP contribution in [0.5, 0.6) is 0 Å². The molecule has 2 bridgehead atoms. The van der Waals surface area contributed by atoms with Crippen molar-refractivity contribution in [2.24, 2.45) is 17.8 Å². The van der Waals surface area contributed by atoms with Gasteiger partial charge in [0.1, 0.15) is 18.0 Å². The summed E-state index contributed by atoms with van der Waals surface area (Å²) >= 11 is 6.25. The van der Waals surface area contributed by atoms with Gasteiger partial charge in [0.15, 0.2) is 21.5 Å². The van der Waals surface area contributed by atoms with E-state index in [-0.39, 0.29) is 45.6 Å². The quantitative estimate of drug-likeness (QED) is 0.317. The Morgan fingerprint density at radius 1 is 1.05 bits per heavy atom. The minimum absolute atomic E-state index is 0.0366.